The SMILES string of the molecule is CCC(C)(C)c1ccc(Cl)cc1OC. The second-order valence-electron chi connectivity index (χ2n) is 4.08. The lowest BCUT2D eigenvalue weighted by atomic mass is 9.82. The summed E-state index contributed by atoms with van der Waals surface area (Å²) in [5.74, 6) is 0.879. The first-order valence-electron chi connectivity index (χ1n) is 4.85. The molecule has 0 N–H and O–H groups in total. The van der Waals surface area contributed by atoms with Crippen molar-refractivity contribution in [2.45, 2.75) is 32.6 Å². The van der Waals surface area contributed by atoms with Gasteiger partial charge in [0.2, 0.25) is 0 Å². The van der Waals surface area contributed by atoms with E-state index in [1.165, 1.54) is 5.56 Å². The van der Waals surface area contributed by atoms with Crippen molar-refractivity contribution in [1.82, 2.24) is 0 Å². The van der Waals surface area contributed by atoms with Crippen LogP contribution in [0.5, 0.6) is 5.75 Å². The minimum Gasteiger partial charge on any atom is -0.496 e. The molecule has 0 saturated carbocycles. The second-order valence-corrected chi connectivity index (χ2v) is 4.52. The van der Waals surface area contributed by atoms with Crippen molar-refractivity contribution < 1.29 is 4.74 Å². The molecule has 1 aromatic rings. The number of ether oxygens (including phenoxy) is 1. The van der Waals surface area contributed by atoms with Crippen LogP contribution in [0.1, 0.15) is 32.8 Å². The van der Waals surface area contributed by atoms with E-state index in [1.807, 2.05) is 18.2 Å². The molecule has 0 aromatic heterocycles. The molecule has 14 heavy (non-hydrogen) atoms. The number of hydrogen-bond acceptors (Lipinski definition) is 1. The van der Waals surface area contributed by atoms with E-state index >= 15 is 0 Å². The van der Waals surface area contributed by atoms with Gasteiger partial charge in [-0.3, -0.25) is 0 Å². The summed E-state index contributed by atoms with van der Waals surface area (Å²) in [6.45, 7) is 6.59. The third-order valence-electron chi connectivity index (χ3n) is 2.78. The molecule has 78 valence electrons. The molecular formula is C12H17ClO. The number of halogens is 1. The van der Waals surface area contributed by atoms with E-state index in [4.69, 9.17) is 16.3 Å². The topological polar surface area (TPSA) is 9.23 Å². The maximum absolute atomic E-state index is 5.91. The highest BCUT2D eigenvalue weighted by Gasteiger charge is 2.22. The Bertz CT molecular complexity index is 318. The van der Waals surface area contributed by atoms with Gasteiger partial charge in [0.25, 0.3) is 0 Å². The average Bonchev–Trinajstić information content (AvgIpc) is 2.17. The van der Waals surface area contributed by atoms with Gasteiger partial charge in [0.15, 0.2) is 0 Å². The zero-order valence-electron chi connectivity index (χ0n) is 9.23. The van der Waals surface area contributed by atoms with E-state index in [9.17, 15) is 0 Å². The van der Waals surface area contributed by atoms with Crippen molar-refractivity contribution in [3.8, 4) is 5.75 Å². The fourth-order valence-electron chi connectivity index (χ4n) is 1.41. The van der Waals surface area contributed by atoms with Crippen LogP contribution in [0, 0.1) is 0 Å². The highest BCUT2D eigenvalue weighted by molar-refractivity contribution is 6.30. The van der Waals surface area contributed by atoms with Gasteiger partial charge in [-0.1, -0.05) is 38.4 Å². The van der Waals surface area contributed by atoms with Crippen LogP contribution in [0.2, 0.25) is 5.02 Å². The summed E-state index contributed by atoms with van der Waals surface area (Å²) >= 11 is 5.91. The van der Waals surface area contributed by atoms with Crippen LogP contribution in [0.25, 0.3) is 0 Å². The summed E-state index contributed by atoms with van der Waals surface area (Å²) in [6.07, 6.45) is 1.07. The third-order valence-corrected chi connectivity index (χ3v) is 3.01. The van der Waals surface area contributed by atoms with Crippen molar-refractivity contribution in [1.29, 1.82) is 0 Å². The minimum atomic E-state index is 0.135. The van der Waals surface area contributed by atoms with Crippen molar-refractivity contribution in [3.63, 3.8) is 0 Å². The molecule has 0 aliphatic carbocycles. The summed E-state index contributed by atoms with van der Waals surface area (Å²) in [5, 5.41) is 0.720. The molecular weight excluding hydrogens is 196 g/mol. The maximum Gasteiger partial charge on any atom is 0.124 e. The fraction of sp³-hybridized carbons (Fsp3) is 0.500. The predicted octanol–water partition coefficient (Wildman–Crippen LogP) is 4.04. The lowest BCUT2D eigenvalue weighted by Gasteiger charge is -2.25. The molecule has 0 bridgehead atoms. The quantitative estimate of drug-likeness (QED) is 0.735. The molecule has 0 fully saturated rings. The molecule has 0 aliphatic rings. The van der Waals surface area contributed by atoms with E-state index in [0.29, 0.717) is 0 Å². The molecule has 2 heteroatoms. The Balaban J connectivity index is 3.20. The van der Waals surface area contributed by atoms with E-state index in [1.54, 1.807) is 7.11 Å². The molecule has 1 rings (SSSR count). The van der Waals surface area contributed by atoms with E-state index in [2.05, 4.69) is 20.8 Å². The number of rotatable bonds is 3. The lowest BCUT2D eigenvalue weighted by Crippen LogP contribution is -2.16. The van der Waals surface area contributed by atoms with Crippen LogP contribution < -0.4 is 4.74 Å². The van der Waals surface area contributed by atoms with Crippen LogP contribution in [-0.4, -0.2) is 7.11 Å². The highest BCUT2D eigenvalue weighted by atomic mass is 35.5. The van der Waals surface area contributed by atoms with Gasteiger partial charge in [-0.05, 0) is 29.5 Å². The molecule has 1 nitrogen and oxygen atoms in total. The van der Waals surface area contributed by atoms with Crippen LogP contribution >= 0.6 is 11.6 Å². The Morgan fingerprint density at radius 3 is 2.50 bits per heavy atom. The largest absolute Gasteiger partial charge is 0.496 e. The molecule has 0 heterocycles. The standard InChI is InChI=1S/C12H17ClO/c1-5-12(2,3)10-7-6-9(13)8-11(10)14-4/h6-8H,5H2,1-4H3. The monoisotopic (exact) mass is 212 g/mol. The zero-order chi connectivity index (χ0) is 10.8. The van der Waals surface area contributed by atoms with E-state index in [0.717, 1.165) is 17.2 Å². The second kappa shape index (κ2) is 4.22. The van der Waals surface area contributed by atoms with Crippen LogP contribution in [-0.2, 0) is 5.41 Å². The van der Waals surface area contributed by atoms with E-state index < -0.39 is 0 Å². The van der Waals surface area contributed by atoms with Gasteiger partial charge in [0.1, 0.15) is 5.75 Å². The molecule has 0 atom stereocenters. The molecule has 0 radical (unpaired) electrons. The Kier molecular flexibility index (Phi) is 3.43. The molecule has 0 amide bonds. The van der Waals surface area contributed by atoms with Crippen LogP contribution in [0.4, 0.5) is 0 Å². The highest BCUT2D eigenvalue weighted by Crippen LogP contribution is 2.35. The van der Waals surface area contributed by atoms with Crippen molar-refractivity contribution >= 4 is 11.6 Å². The van der Waals surface area contributed by atoms with Gasteiger partial charge in [-0.2, -0.15) is 0 Å². The summed E-state index contributed by atoms with van der Waals surface area (Å²) < 4.78 is 5.33. The van der Waals surface area contributed by atoms with Gasteiger partial charge >= 0.3 is 0 Å². The first-order chi connectivity index (χ1) is 6.51. The Morgan fingerprint density at radius 1 is 1.36 bits per heavy atom. The molecule has 0 aliphatic heterocycles. The fourth-order valence-corrected chi connectivity index (χ4v) is 1.58. The van der Waals surface area contributed by atoms with Gasteiger partial charge in [-0.25, -0.2) is 0 Å². The lowest BCUT2D eigenvalue weighted by molar-refractivity contribution is 0.389. The maximum atomic E-state index is 5.91. The van der Waals surface area contributed by atoms with Crippen molar-refractivity contribution in [2.75, 3.05) is 7.11 Å². The number of hydrogen-bond donors (Lipinski definition) is 0. The van der Waals surface area contributed by atoms with Crippen molar-refractivity contribution in [2.24, 2.45) is 0 Å². The third kappa shape index (κ3) is 2.21. The average molecular weight is 213 g/mol. The van der Waals surface area contributed by atoms with Crippen LogP contribution in [0.3, 0.4) is 0 Å². The summed E-state index contributed by atoms with van der Waals surface area (Å²) in [4.78, 5) is 0. The molecule has 1 aromatic carbocycles. The van der Waals surface area contributed by atoms with Crippen LogP contribution in [0.15, 0.2) is 18.2 Å². The number of benzene rings is 1. The van der Waals surface area contributed by atoms with Crippen molar-refractivity contribution in [3.05, 3.63) is 28.8 Å². The number of methoxy groups -OCH3 is 1. The van der Waals surface area contributed by atoms with Gasteiger partial charge in [-0.15, -0.1) is 0 Å². The summed E-state index contributed by atoms with van der Waals surface area (Å²) in [6, 6.07) is 5.83. The molecule has 0 unspecified atom stereocenters. The minimum absolute atomic E-state index is 0.135. The first-order valence-corrected chi connectivity index (χ1v) is 5.23. The van der Waals surface area contributed by atoms with Gasteiger partial charge in [0.05, 0.1) is 7.11 Å². The summed E-state index contributed by atoms with van der Waals surface area (Å²) in [7, 11) is 1.68. The first kappa shape index (κ1) is 11.4. The van der Waals surface area contributed by atoms with Gasteiger partial charge < -0.3 is 4.74 Å². The smallest absolute Gasteiger partial charge is 0.124 e. The Morgan fingerprint density at radius 2 is 2.00 bits per heavy atom. The normalized spacial score (nSPS) is 11.5. The molecule has 0 spiro atoms. The molecule has 0 saturated heterocycles. The van der Waals surface area contributed by atoms with E-state index in [-0.39, 0.29) is 5.41 Å². The van der Waals surface area contributed by atoms with Gasteiger partial charge in [0, 0.05) is 5.02 Å². The predicted molar refractivity (Wildman–Crippen MR) is 61.3 cm³/mol. The summed E-state index contributed by atoms with van der Waals surface area (Å²) in [5.41, 5.74) is 1.35. The Labute approximate surface area is 91.0 Å². The zero-order valence-corrected chi connectivity index (χ0v) is 9.98. The Hall–Kier alpha value is -0.690.